The predicted octanol–water partition coefficient (Wildman–Crippen LogP) is 1.70. The highest BCUT2D eigenvalue weighted by molar-refractivity contribution is 7.89. The Balaban J connectivity index is 2.20. The molecule has 0 radical (unpaired) electrons. The molecule has 1 fully saturated rings. The smallest absolute Gasteiger partial charge is 0.242 e. The van der Waals surface area contributed by atoms with Crippen LogP contribution in [0.2, 0.25) is 0 Å². The van der Waals surface area contributed by atoms with E-state index in [1.54, 1.807) is 18.2 Å². The lowest BCUT2D eigenvalue weighted by Crippen LogP contribution is -2.28. The van der Waals surface area contributed by atoms with Gasteiger partial charge in [-0.15, -0.1) is 0 Å². The van der Waals surface area contributed by atoms with Crippen LogP contribution in [0.3, 0.4) is 0 Å². The SMILES string of the molecule is CCC(CCO)Nc1ccccc1S(=O)(=O)NC1CC1. The zero-order valence-electron chi connectivity index (χ0n) is 11.7. The van der Waals surface area contributed by atoms with E-state index in [4.69, 9.17) is 5.11 Å². The molecule has 0 saturated heterocycles. The Bertz CT molecular complexity index is 541. The molecule has 2 rings (SSSR count). The van der Waals surface area contributed by atoms with E-state index in [9.17, 15) is 8.42 Å². The second-order valence-electron chi connectivity index (χ2n) is 5.15. The molecule has 0 aromatic heterocycles. The van der Waals surface area contributed by atoms with Crippen LogP contribution in [0.4, 0.5) is 5.69 Å². The van der Waals surface area contributed by atoms with Crippen LogP contribution in [-0.2, 0) is 10.0 Å². The Kier molecular flexibility index (Phi) is 5.01. The van der Waals surface area contributed by atoms with E-state index >= 15 is 0 Å². The first-order valence-corrected chi connectivity index (χ1v) is 8.54. The van der Waals surface area contributed by atoms with Gasteiger partial charge in [0.05, 0.1) is 5.69 Å². The molecule has 1 aliphatic carbocycles. The zero-order chi connectivity index (χ0) is 14.6. The molecule has 1 aromatic carbocycles. The van der Waals surface area contributed by atoms with Crippen LogP contribution < -0.4 is 10.0 Å². The second kappa shape index (κ2) is 6.56. The average molecular weight is 298 g/mol. The van der Waals surface area contributed by atoms with E-state index in [2.05, 4.69) is 10.0 Å². The monoisotopic (exact) mass is 298 g/mol. The number of aliphatic hydroxyl groups is 1. The van der Waals surface area contributed by atoms with E-state index in [0.29, 0.717) is 12.1 Å². The summed E-state index contributed by atoms with van der Waals surface area (Å²) in [6.45, 7) is 2.09. The van der Waals surface area contributed by atoms with Gasteiger partial charge in [-0.3, -0.25) is 0 Å². The third-order valence-electron chi connectivity index (χ3n) is 3.41. The number of rotatable bonds is 8. The quantitative estimate of drug-likeness (QED) is 0.682. The Hall–Kier alpha value is -1.11. The van der Waals surface area contributed by atoms with Crippen LogP contribution in [0, 0.1) is 0 Å². The molecule has 0 amide bonds. The molecule has 3 N–H and O–H groups in total. The molecule has 1 atom stereocenters. The summed E-state index contributed by atoms with van der Waals surface area (Å²) in [5.74, 6) is 0. The molecular weight excluding hydrogens is 276 g/mol. The first-order valence-electron chi connectivity index (χ1n) is 7.05. The number of sulfonamides is 1. The minimum absolute atomic E-state index is 0.0669. The Morgan fingerprint density at radius 3 is 2.65 bits per heavy atom. The summed E-state index contributed by atoms with van der Waals surface area (Å²) in [7, 11) is -3.47. The van der Waals surface area contributed by atoms with Gasteiger partial charge in [-0.25, -0.2) is 13.1 Å². The van der Waals surface area contributed by atoms with Crippen LogP contribution in [0.15, 0.2) is 29.2 Å². The van der Waals surface area contributed by atoms with E-state index in [0.717, 1.165) is 19.3 Å². The number of para-hydroxylation sites is 1. The minimum Gasteiger partial charge on any atom is -0.396 e. The first kappa shape index (κ1) is 15.3. The van der Waals surface area contributed by atoms with E-state index < -0.39 is 10.0 Å². The Morgan fingerprint density at radius 2 is 2.05 bits per heavy atom. The molecule has 0 aliphatic heterocycles. The van der Waals surface area contributed by atoms with Crippen molar-refractivity contribution in [1.82, 2.24) is 4.72 Å². The molecule has 1 aromatic rings. The van der Waals surface area contributed by atoms with Crippen molar-refractivity contribution in [3.8, 4) is 0 Å². The topological polar surface area (TPSA) is 78.4 Å². The van der Waals surface area contributed by atoms with Crippen molar-refractivity contribution in [2.45, 2.75) is 49.6 Å². The third kappa shape index (κ3) is 3.94. The highest BCUT2D eigenvalue weighted by atomic mass is 32.2. The first-order chi connectivity index (χ1) is 9.56. The van der Waals surface area contributed by atoms with Gasteiger partial charge < -0.3 is 10.4 Å². The van der Waals surface area contributed by atoms with Gasteiger partial charge in [0.15, 0.2) is 0 Å². The summed E-state index contributed by atoms with van der Waals surface area (Å²) in [5, 5.41) is 12.3. The molecule has 5 nitrogen and oxygen atoms in total. The number of benzene rings is 1. The summed E-state index contributed by atoms with van der Waals surface area (Å²) in [4.78, 5) is 0.281. The summed E-state index contributed by atoms with van der Waals surface area (Å²) >= 11 is 0. The molecule has 0 spiro atoms. The van der Waals surface area contributed by atoms with E-state index in [-0.39, 0.29) is 23.6 Å². The van der Waals surface area contributed by atoms with Crippen LogP contribution in [0.25, 0.3) is 0 Å². The van der Waals surface area contributed by atoms with Gasteiger partial charge in [-0.1, -0.05) is 19.1 Å². The van der Waals surface area contributed by atoms with Crippen molar-refractivity contribution in [1.29, 1.82) is 0 Å². The number of anilines is 1. The van der Waals surface area contributed by atoms with Gasteiger partial charge in [0.1, 0.15) is 4.90 Å². The lowest BCUT2D eigenvalue weighted by molar-refractivity contribution is 0.278. The third-order valence-corrected chi connectivity index (χ3v) is 4.98. The van der Waals surface area contributed by atoms with Gasteiger partial charge in [0.25, 0.3) is 0 Å². The average Bonchev–Trinajstić information content (AvgIpc) is 3.22. The number of hydrogen-bond acceptors (Lipinski definition) is 4. The summed E-state index contributed by atoms with van der Waals surface area (Å²) < 4.78 is 27.4. The predicted molar refractivity (Wildman–Crippen MR) is 79.2 cm³/mol. The van der Waals surface area contributed by atoms with Crippen LogP contribution >= 0.6 is 0 Å². The van der Waals surface area contributed by atoms with Gasteiger partial charge in [-0.05, 0) is 37.8 Å². The number of aliphatic hydroxyl groups excluding tert-OH is 1. The fraction of sp³-hybridized carbons (Fsp3) is 0.571. The fourth-order valence-corrected chi connectivity index (χ4v) is 3.53. The van der Waals surface area contributed by atoms with Crippen molar-refractivity contribution >= 4 is 15.7 Å². The van der Waals surface area contributed by atoms with Crippen molar-refractivity contribution in [2.75, 3.05) is 11.9 Å². The highest BCUT2D eigenvalue weighted by Gasteiger charge is 2.29. The van der Waals surface area contributed by atoms with Crippen molar-refractivity contribution in [3.05, 3.63) is 24.3 Å². The maximum Gasteiger partial charge on any atom is 0.242 e. The van der Waals surface area contributed by atoms with Crippen molar-refractivity contribution in [2.24, 2.45) is 0 Å². The largest absolute Gasteiger partial charge is 0.396 e. The molecule has 20 heavy (non-hydrogen) atoms. The number of nitrogens with one attached hydrogen (secondary N) is 2. The van der Waals surface area contributed by atoms with Crippen LogP contribution in [0.1, 0.15) is 32.6 Å². The molecule has 112 valence electrons. The van der Waals surface area contributed by atoms with Gasteiger partial charge in [-0.2, -0.15) is 0 Å². The normalized spacial score (nSPS) is 16.9. The van der Waals surface area contributed by atoms with E-state index in [1.807, 2.05) is 13.0 Å². The second-order valence-corrected chi connectivity index (χ2v) is 6.84. The van der Waals surface area contributed by atoms with Gasteiger partial charge in [0.2, 0.25) is 10.0 Å². The minimum atomic E-state index is -3.47. The molecule has 1 saturated carbocycles. The molecule has 0 heterocycles. The summed E-state index contributed by atoms with van der Waals surface area (Å²) in [5.41, 5.74) is 0.598. The molecular formula is C14H22N2O3S. The fourth-order valence-electron chi connectivity index (χ4n) is 2.06. The molecule has 1 unspecified atom stereocenters. The van der Waals surface area contributed by atoms with Crippen molar-refractivity contribution in [3.63, 3.8) is 0 Å². The Labute approximate surface area is 120 Å². The molecule has 6 heteroatoms. The van der Waals surface area contributed by atoms with Crippen LogP contribution in [-0.4, -0.2) is 32.2 Å². The lowest BCUT2D eigenvalue weighted by atomic mass is 10.1. The maximum absolute atomic E-state index is 12.3. The number of hydrogen-bond donors (Lipinski definition) is 3. The highest BCUT2D eigenvalue weighted by Crippen LogP contribution is 2.26. The lowest BCUT2D eigenvalue weighted by Gasteiger charge is -2.19. The van der Waals surface area contributed by atoms with Crippen molar-refractivity contribution < 1.29 is 13.5 Å². The Morgan fingerprint density at radius 1 is 1.35 bits per heavy atom. The standard InChI is InChI=1S/C14H22N2O3S/c1-2-11(9-10-17)15-13-5-3-4-6-14(13)20(18,19)16-12-7-8-12/h3-6,11-12,15-17H,2,7-10H2,1H3. The summed E-state index contributed by atoms with van der Waals surface area (Å²) in [6, 6.07) is 7.06. The van der Waals surface area contributed by atoms with Crippen LogP contribution in [0.5, 0.6) is 0 Å². The zero-order valence-corrected chi connectivity index (χ0v) is 12.5. The van der Waals surface area contributed by atoms with Gasteiger partial charge in [0, 0.05) is 18.7 Å². The van der Waals surface area contributed by atoms with E-state index in [1.165, 1.54) is 0 Å². The molecule has 0 bridgehead atoms. The summed E-state index contributed by atoms with van der Waals surface area (Å²) in [6.07, 6.45) is 3.25. The maximum atomic E-state index is 12.3. The molecule has 1 aliphatic rings. The van der Waals surface area contributed by atoms with Gasteiger partial charge >= 0.3 is 0 Å².